The zero-order valence-corrected chi connectivity index (χ0v) is 19.5. The second-order valence-corrected chi connectivity index (χ2v) is 8.86. The number of hydrogen-bond donors (Lipinski definition) is 1. The number of unbranched alkanes of at least 4 members (excludes halogenated alkanes) is 1. The average Bonchev–Trinajstić information content (AvgIpc) is 2.73. The van der Waals surface area contributed by atoms with Crippen molar-refractivity contribution < 1.29 is 13.2 Å². The van der Waals surface area contributed by atoms with E-state index in [1.807, 2.05) is 26.0 Å². The van der Waals surface area contributed by atoms with Gasteiger partial charge >= 0.3 is 0 Å². The van der Waals surface area contributed by atoms with Crippen molar-refractivity contribution >= 4 is 31.7 Å². The first-order valence-electron chi connectivity index (χ1n) is 9.48. The van der Waals surface area contributed by atoms with Gasteiger partial charge in [0.15, 0.2) is 5.78 Å². The number of Topliss-reactive ketones (excluding diaryl/α,β-unsaturated/α-hetero) is 1. The molecular formula is C23H28BrNO3S. The molecule has 0 aromatic heterocycles. The number of carbonyl (C=O) groups excluding carboxylic acids is 1. The van der Waals surface area contributed by atoms with E-state index < -0.39 is 10.0 Å². The van der Waals surface area contributed by atoms with E-state index in [0.717, 1.165) is 17.3 Å². The minimum Gasteiger partial charge on any atom is -0.289 e. The summed E-state index contributed by atoms with van der Waals surface area (Å²) in [6.07, 6.45) is 10.2. The summed E-state index contributed by atoms with van der Waals surface area (Å²) in [5, 5.41) is 0. The average molecular weight is 478 g/mol. The highest BCUT2D eigenvalue weighted by molar-refractivity contribution is 9.11. The Morgan fingerprint density at radius 1 is 1.21 bits per heavy atom. The molecule has 1 N–H and O–H groups in total. The van der Waals surface area contributed by atoms with Crippen LogP contribution in [0.5, 0.6) is 0 Å². The first-order chi connectivity index (χ1) is 13.8. The topological polar surface area (TPSA) is 63.2 Å². The Hall–Kier alpha value is -2.18. The monoisotopic (exact) mass is 477 g/mol. The molecule has 156 valence electrons. The molecule has 0 aliphatic carbocycles. The lowest BCUT2D eigenvalue weighted by Gasteiger charge is -2.13. The molecule has 0 amide bonds. The fourth-order valence-electron chi connectivity index (χ4n) is 2.39. The summed E-state index contributed by atoms with van der Waals surface area (Å²) in [6.45, 7) is 9.32. The van der Waals surface area contributed by atoms with Crippen LogP contribution in [-0.4, -0.2) is 14.2 Å². The molecule has 1 aromatic carbocycles. The molecule has 0 radical (unpaired) electrons. The summed E-state index contributed by atoms with van der Waals surface area (Å²) in [5.74, 6) is -0.294. The van der Waals surface area contributed by atoms with Crippen LogP contribution in [0.2, 0.25) is 0 Å². The van der Waals surface area contributed by atoms with E-state index in [1.54, 1.807) is 43.3 Å². The SMILES string of the molecule is C=C/C(NS(=O)(=O)C(/C=C\CCC)=C/C)=C(\C=C(\Br)CC)C(=O)c1ccccc1. The molecule has 6 heteroatoms. The van der Waals surface area contributed by atoms with Gasteiger partial charge in [-0.05, 0) is 42.5 Å². The van der Waals surface area contributed by atoms with Gasteiger partial charge in [0.1, 0.15) is 0 Å². The molecule has 1 aromatic rings. The summed E-state index contributed by atoms with van der Waals surface area (Å²) >= 11 is 3.42. The summed E-state index contributed by atoms with van der Waals surface area (Å²) < 4.78 is 29.1. The number of rotatable bonds is 11. The summed E-state index contributed by atoms with van der Waals surface area (Å²) in [7, 11) is -3.87. The van der Waals surface area contributed by atoms with Gasteiger partial charge in [-0.2, -0.15) is 0 Å². The molecule has 0 saturated heterocycles. The third-order valence-corrected chi connectivity index (χ3v) is 6.26. The first kappa shape index (κ1) is 24.9. The van der Waals surface area contributed by atoms with E-state index in [1.165, 1.54) is 12.2 Å². The Morgan fingerprint density at radius 3 is 2.38 bits per heavy atom. The Balaban J connectivity index is 3.48. The molecule has 4 nitrogen and oxygen atoms in total. The van der Waals surface area contributed by atoms with Crippen LogP contribution in [0.25, 0.3) is 0 Å². The maximum Gasteiger partial charge on any atom is 0.261 e. The van der Waals surface area contributed by atoms with Crippen LogP contribution in [0.1, 0.15) is 50.4 Å². The normalized spacial score (nSPS) is 13.9. The Labute approximate surface area is 183 Å². The number of halogens is 1. The van der Waals surface area contributed by atoms with Gasteiger partial charge in [-0.25, -0.2) is 8.42 Å². The van der Waals surface area contributed by atoms with E-state index in [9.17, 15) is 13.2 Å². The van der Waals surface area contributed by atoms with Crippen molar-refractivity contribution in [3.8, 4) is 0 Å². The Bertz CT molecular complexity index is 940. The third kappa shape index (κ3) is 7.63. The zero-order valence-electron chi connectivity index (χ0n) is 17.1. The van der Waals surface area contributed by atoms with Crippen molar-refractivity contribution in [3.63, 3.8) is 0 Å². The Morgan fingerprint density at radius 2 is 1.86 bits per heavy atom. The van der Waals surface area contributed by atoms with Gasteiger partial charge in [0, 0.05) is 11.1 Å². The highest BCUT2D eigenvalue weighted by Gasteiger charge is 2.20. The number of carbonyl (C=O) groups is 1. The molecule has 0 aliphatic rings. The first-order valence-corrected chi connectivity index (χ1v) is 11.8. The predicted molar refractivity (Wildman–Crippen MR) is 125 cm³/mol. The fourth-order valence-corrected chi connectivity index (χ4v) is 3.80. The van der Waals surface area contributed by atoms with Crippen LogP contribution < -0.4 is 4.72 Å². The lowest BCUT2D eigenvalue weighted by atomic mass is 10.0. The van der Waals surface area contributed by atoms with Gasteiger partial charge in [0.05, 0.1) is 10.6 Å². The van der Waals surface area contributed by atoms with Gasteiger partial charge in [-0.1, -0.05) is 85.3 Å². The molecule has 0 spiro atoms. The fraction of sp³-hybridized carbons (Fsp3) is 0.261. The van der Waals surface area contributed by atoms with E-state index >= 15 is 0 Å². The third-order valence-electron chi connectivity index (χ3n) is 3.99. The van der Waals surface area contributed by atoms with Crippen molar-refractivity contribution in [1.29, 1.82) is 0 Å². The second-order valence-electron chi connectivity index (χ2n) is 6.16. The number of nitrogens with one attached hydrogen (secondary N) is 1. The van der Waals surface area contributed by atoms with Crippen molar-refractivity contribution in [1.82, 2.24) is 4.72 Å². The molecule has 0 unspecified atom stereocenters. The van der Waals surface area contributed by atoms with Crippen molar-refractivity contribution in [2.45, 2.75) is 40.0 Å². The number of sulfonamides is 1. The molecule has 0 fully saturated rings. The van der Waals surface area contributed by atoms with Crippen molar-refractivity contribution in [3.05, 3.63) is 93.5 Å². The molecule has 0 aliphatic heterocycles. The highest BCUT2D eigenvalue weighted by Crippen LogP contribution is 2.21. The van der Waals surface area contributed by atoms with Gasteiger partial charge in [-0.15, -0.1) is 0 Å². The van der Waals surface area contributed by atoms with E-state index in [2.05, 4.69) is 27.2 Å². The van der Waals surface area contributed by atoms with Crippen LogP contribution in [0.4, 0.5) is 0 Å². The molecule has 0 heterocycles. The molecule has 0 bridgehead atoms. The second kappa shape index (κ2) is 12.4. The lowest BCUT2D eigenvalue weighted by molar-refractivity contribution is 0.103. The zero-order chi connectivity index (χ0) is 21.9. The van der Waals surface area contributed by atoms with Gasteiger partial charge in [0.2, 0.25) is 0 Å². The van der Waals surface area contributed by atoms with E-state index in [0.29, 0.717) is 12.0 Å². The summed E-state index contributed by atoms with van der Waals surface area (Å²) in [5.41, 5.74) is 0.812. The predicted octanol–water partition coefficient (Wildman–Crippen LogP) is 6.18. The number of benzene rings is 1. The quantitative estimate of drug-likeness (QED) is 0.235. The summed E-state index contributed by atoms with van der Waals surface area (Å²) in [6, 6.07) is 8.72. The highest BCUT2D eigenvalue weighted by atomic mass is 79.9. The van der Waals surface area contributed by atoms with Crippen molar-refractivity contribution in [2.24, 2.45) is 0 Å². The molecular weight excluding hydrogens is 450 g/mol. The molecule has 0 saturated carbocycles. The van der Waals surface area contributed by atoms with Gasteiger partial charge in [0.25, 0.3) is 10.0 Å². The number of allylic oxidation sites excluding steroid dienone is 7. The summed E-state index contributed by atoms with van der Waals surface area (Å²) in [4.78, 5) is 13.2. The number of ketones is 1. The minimum atomic E-state index is -3.87. The van der Waals surface area contributed by atoms with Crippen LogP contribution in [0, 0.1) is 0 Å². The smallest absolute Gasteiger partial charge is 0.261 e. The van der Waals surface area contributed by atoms with Crippen LogP contribution in [0.3, 0.4) is 0 Å². The maximum absolute atomic E-state index is 13.1. The maximum atomic E-state index is 13.1. The standard InChI is InChI=1S/C23H28BrNO3S/c1-5-9-11-16-20(7-3)29(27,28)25-22(8-4)21(17-19(24)6-2)23(26)18-14-12-10-13-15-18/h7-8,10-17,25H,4-6,9H2,1-3H3/b16-11-,19-17+,20-7+,22-21-. The number of hydrogen-bond acceptors (Lipinski definition) is 3. The van der Waals surface area contributed by atoms with Gasteiger partial charge < -0.3 is 0 Å². The van der Waals surface area contributed by atoms with Crippen LogP contribution in [0.15, 0.2) is 87.9 Å². The van der Waals surface area contributed by atoms with Crippen LogP contribution >= 0.6 is 15.9 Å². The van der Waals surface area contributed by atoms with E-state index in [4.69, 9.17) is 0 Å². The van der Waals surface area contributed by atoms with Crippen LogP contribution in [-0.2, 0) is 10.0 Å². The van der Waals surface area contributed by atoms with Crippen molar-refractivity contribution in [2.75, 3.05) is 0 Å². The largest absolute Gasteiger partial charge is 0.289 e. The molecule has 29 heavy (non-hydrogen) atoms. The minimum absolute atomic E-state index is 0.132. The molecule has 0 atom stereocenters. The Kier molecular flexibility index (Phi) is 10.6. The van der Waals surface area contributed by atoms with Gasteiger partial charge in [-0.3, -0.25) is 9.52 Å². The van der Waals surface area contributed by atoms with E-state index in [-0.39, 0.29) is 22.0 Å². The molecule has 1 rings (SSSR count). The lowest BCUT2D eigenvalue weighted by Crippen LogP contribution is -2.25.